The van der Waals surface area contributed by atoms with Gasteiger partial charge in [-0.25, -0.2) is 4.68 Å². The van der Waals surface area contributed by atoms with E-state index >= 15 is 0 Å². The molecule has 1 aliphatic heterocycles. The predicted molar refractivity (Wildman–Crippen MR) is 85.4 cm³/mol. The van der Waals surface area contributed by atoms with Gasteiger partial charge in [-0.3, -0.25) is 9.48 Å². The summed E-state index contributed by atoms with van der Waals surface area (Å²) in [7, 11) is 0. The van der Waals surface area contributed by atoms with Gasteiger partial charge in [0.15, 0.2) is 0 Å². The largest absolute Gasteiger partial charge is 0.349 e. The van der Waals surface area contributed by atoms with E-state index in [1.807, 2.05) is 53.5 Å². The van der Waals surface area contributed by atoms with Crippen molar-refractivity contribution in [3.63, 3.8) is 0 Å². The maximum Gasteiger partial charge on any atom is 0.251 e. The van der Waals surface area contributed by atoms with Gasteiger partial charge in [0.25, 0.3) is 5.91 Å². The van der Waals surface area contributed by atoms with Gasteiger partial charge in [-0.2, -0.15) is 10.2 Å². The van der Waals surface area contributed by atoms with E-state index in [1.165, 1.54) is 5.69 Å². The quantitative estimate of drug-likeness (QED) is 0.802. The lowest BCUT2D eigenvalue weighted by atomic mass is 10.0. The molecule has 0 spiro atoms. The first-order chi connectivity index (χ1) is 11.3. The first kappa shape index (κ1) is 13.8. The molecule has 0 aliphatic carbocycles. The second kappa shape index (κ2) is 5.72. The number of rotatable bonds is 3. The van der Waals surface area contributed by atoms with E-state index in [0.29, 0.717) is 5.56 Å². The number of aromatic nitrogens is 4. The fourth-order valence-electron chi connectivity index (χ4n) is 2.97. The second-order valence-electron chi connectivity index (χ2n) is 5.71. The summed E-state index contributed by atoms with van der Waals surface area (Å²) < 4.78 is 3.75. The zero-order chi connectivity index (χ0) is 15.6. The molecule has 3 heterocycles. The predicted octanol–water partition coefficient (Wildman–Crippen LogP) is 1.81. The molecule has 1 aliphatic rings. The monoisotopic (exact) mass is 307 g/mol. The molecular formula is C17H17N5O. The molecule has 1 amide bonds. The maximum atomic E-state index is 12.5. The highest BCUT2D eigenvalue weighted by Crippen LogP contribution is 2.15. The molecule has 6 nitrogen and oxygen atoms in total. The zero-order valence-corrected chi connectivity index (χ0v) is 12.6. The molecule has 0 radical (unpaired) electrons. The molecule has 0 fully saturated rings. The summed E-state index contributed by atoms with van der Waals surface area (Å²) in [6, 6.07) is 11.5. The van der Waals surface area contributed by atoms with Crippen molar-refractivity contribution in [2.75, 3.05) is 0 Å². The van der Waals surface area contributed by atoms with Crippen molar-refractivity contribution < 1.29 is 4.79 Å². The van der Waals surface area contributed by atoms with Gasteiger partial charge >= 0.3 is 0 Å². The number of aryl methyl sites for hydroxylation is 1. The van der Waals surface area contributed by atoms with Crippen molar-refractivity contribution in [1.29, 1.82) is 0 Å². The lowest BCUT2D eigenvalue weighted by Gasteiger charge is -2.24. The topological polar surface area (TPSA) is 64.7 Å². The third kappa shape index (κ3) is 2.75. The Kier molecular flexibility index (Phi) is 3.42. The van der Waals surface area contributed by atoms with E-state index in [2.05, 4.69) is 15.5 Å². The van der Waals surface area contributed by atoms with E-state index in [1.54, 1.807) is 10.9 Å². The number of carbonyl (C=O) groups is 1. The Bertz CT molecular complexity index is 821. The molecule has 1 unspecified atom stereocenters. The summed E-state index contributed by atoms with van der Waals surface area (Å²) in [5.41, 5.74) is 2.70. The Morgan fingerprint density at radius 1 is 1.17 bits per heavy atom. The van der Waals surface area contributed by atoms with Crippen LogP contribution in [-0.4, -0.2) is 31.5 Å². The number of benzene rings is 1. The molecule has 1 N–H and O–H groups in total. The summed E-state index contributed by atoms with van der Waals surface area (Å²) in [6.45, 7) is 0.848. The smallest absolute Gasteiger partial charge is 0.251 e. The molecule has 23 heavy (non-hydrogen) atoms. The van der Waals surface area contributed by atoms with Crippen LogP contribution in [0.15, 0.2) is 55.0 Å². The van der Waals surface area contributed by atoms with E-state index < -0.39 is 0 Å². The van der Waals surface area contributed by atoms with Crippen LogP contribution in [0.2, 0.25) is 0 Å². The molecule has 116 valence electrons. The molecule has 4 rings (SSSR count). The average molecular weight is 307 g/mol. The number of nitrogens with zero attached hydrogens (tertiary/aromatic N) is 4. The molecule has 0 saturated heterocycles. The molecule has 2 aromatic heterocycles. The van der Waals surface area contributed by atoms with Crippen LogP contribution < -0.4 is 5.32 Å². The first-order valence-electron chi connectivity index (χ1n) is 7.71. The first-order valence-corrected chi connectivity index (χ1v) is 7.71. The van der Waals surface area contributed by atoms with Gasteiger partial charge in [0.05, 0.1) is 5.69 Å². The fraction of sp³-hybridized carbons (Fsp3) is 0.235. The Balaban J connectivity index is 1.49. The summed E-state index contributed by atoms with van der Waals surface area (Å²) >= 11 is 0. The third-order valence-electron chi connectivity index (χ3n) is 4.16. The van der Waals surface area contributed by atoms with Crippen molar-refractivity contribution in [3.05, 3.63) is 66.2 Å². The molecule has 6 heteroatoms. The van der Waals surface area contributed by atoms with E-state index in [-0.39, 0.29) is 11.9 Å². The van der Waals surface area contributed by atoms with E-state index in [9.17, 15) is 4.79 Å². The van der Waals surface area contributed by atoms with E-state index in [4.69, 9.17) is 0 Å². The van der Waals surface area contributed by atoms with Gasteiger partial charge in [0.1, 0.15) is 0 Å². The standard InChI is InChI=1S/C17H17N5O/c23-17(20-14-6-10-22-16(12-14)5-8-19-22)13-3-1-4-15(11-13)21-9-2-7-18-21/h1-5,7-9,11,14H,6,10,12H2,(H,20,23). The third-order valence-corrected chi connectivity index (χ3v) is 4.16. The summed E-state index contributed by atoms with van der Waals surface area (Å²) in [5.74, 6) is -0.0445. The summed E-state index contributed by atoms with van der Waals surface area (Å²) in [6.07, 6.45) is 7.12. The van der Waals surface area contributed by atoms with Crippen molar-refractivity contribution in [3.8, 4) is 5.69 Å². The van der Waals surface area contributed by atoms with Gasteiger partial charge in [-0.15, -0.1) is 0 Å². The maximum absolute atomic E-state index is 12.5. The van der Waals surface area contributed by atoms with Gasteiger partial charge < -0.3 is 5.32 Å². The minimum atomic E-state index is -0.0445. The lowest BCUT2D eigenvalue weighted by Crippen LogP contribution is -2.40. The van der Waals surface area contributed by atoms with Crippen molar-refractivity contribution in [2.24, 2.45) is 0 Å². The van der Waals surface area contributed by atoms with Crippen LogP contribution in [-0.2, 0) is 13.0 Å². The van der Waals surface area contributed by atoms with Crippen LogP contribution in [0.4, 0.5) is 0 Å². The van der Waals surface area contributed by atoms with Crippen molar-refractivity contribution in [2.45, 2.75) is 25.4 Å². The normalized spacial score (nSPS) is 16.8. The molecule has 0 saturated carbocycles. The van der Waals surface area contributed by atoms with Gasteiger partial charge in [0.2, 0.25) is 0 Å². The van der Waals surface area contributed by atoms with Crippen LogP contribution in [0.25, 0.3) is 5.69 Å². The molecular weight excluding hydrogens is 290 g/mol. The molecule has 1 atom stereocenters. The van der Waals surface area contributed by atoms with Crippen molar-refractivity contribution >= 4 is 5.91 Å². The number of amides is 1. The number of hydrogen-bond donors (Lipinski definition) is 1. The Morgan fingerprint density at radius 2 is 2.13 bits per heavy atom. The number of nitrogens with one attached hydrogen (secondary N) is 1. The van der Waals surface area contributed by atoms with Crippen LogP contribution in [0.5, 0.6) is 0 Å². The highest BCUT2D eigenvalue weighted by atomic mass is 16.1. The number of hydrogen-bond acceptors (Lipinski definition) is 3. The van der Waals surface area contributed by atoms with Gasteiger partial charge in [-0.05, 0) is 36.8 Å². The van der Waals surface area contributed by atoms with Crippen LogP contribution in [0.3, 0.4) is 0 Å². The summed E-state index contributed by atoms with van der Waals surface area (Å²) in [5, 5.41) is 11.6. The van der Waals surface area contributed by atoms with Gasteiger partial charge in [-0.1, -0.05) is 6.07 Å². The average Bonchev–Trinajstić information content (AvgIpc) is 3.26. The molecule has 3 aromatic rings. The van der Waals surface area contributed by atoms with E-state index in [0.717, 1.165) is 25.1 Å². The zero-order valence-electron chi connectivity index (χ0n) is 12.6. The van der Waals surface area contributed by atoms with Crippen molar-refractivity contribution in [1.82, 2.24) is 24.9 Å². The Morgan fingerprint density at radius 3 is 3.00 bits per heavy atom. The molecule has 0 bridgehead atoms. The number of carbonyl (C=O) groups excluding carboxylic acids is 1. The minimum absolute atomic E-state index is 0.0445. The summed E-state index contributed by atoms with van der Waals surface area (Å²) in [4.78, 5) is 12.5. The van der Waals surface area contributed by atoms with Crippen LogP contribution in [0, 0.1) is 0 Å². The van der Waals surface area contributed by atoms with Crippen LogP contribution in [0.1, 0.15) is 22.5 Å². The number of fused-ring (bicyclic) bond motifs is 1. The highest BCUT2D eigenvalue weighted by Gasteiger charge is 2.21. The van der Waals surface area contributed by atoms with Gasteiger partial charge in [0, 0.05) is 48.9 Å². The fourth-order valence-corrected chi connectivity index (χ4v) is 2.97. The second-order valence-corrected chi connectivity index (χ2v) is 5.71. The Hall–Kier alpha value is -2.89. The van der Waals surface area contributed by atoms with Crippen LogP contribution >= 0.6 is 0 Å². The highest BCUT2D eigenvalue weighted by molar-refractivity contribution is 5.94. The minimum Gasteiger partial charge on any atom is -0.349 e. The Labute approximate surface area is 133 Å². The SMILES string of the molecule is O=C(NC1CCn2nccc2C1)c1cccc(-n2cccn2)c1. The lowest BCUT2D eigenvalue weighted by molar-refractivity contribution is 0.0930. The molecule has 1 aromatic carbocycles.